The summed E-state index contributed by atoms with van der Waals surface area (Å²) >= 11 is 1.62. The fraction of sp³-hybridized carbons (Fsp3) is 0.125. The molecule has 3 aromatic carbocycles. The molecule has 0 aliphatic heterocycles. The number of amides is 1. The van der Waals surface area contributed by atoms with Gasteiger partial charge in [0.25, 0.3) is 0 Å². The van der Waals surface area contributed by atoms with Crippen LogP contribution in [0.4, 0.5) is 5.69 Å². The van der Waals surface area contributed by atoms with Gasteiger partial charge >= 0.3 is 0 Å². The highest BCUT2D eigenvalue weighted by Crippen LogP contribution is 2.29. The Morgan fingerprint density at radius 1 is 0.828 bits per heavy atom. The molecule has 4 rings (SSSR count). The Kier molecular flexibility index (Phi) is 5.32. The normalized spacial score (nSPS) is 12.3. The number of benzene rings is 3. The molecule has 1 aliphatic rings. The van der Waals surface area contributed by atoms with E-state index in [0.717, 1.165) is 4.90 Å². The number of hydrogen-bond acceptors (Lipinski definition) is 4. The van der Waals surface area contributed by atoms with Crippen molar-refractivity contribution in [2.75, 3.05) is 11.1 Å². The summed E-state index contributed by atoms with van der Waals surface area (Å²) in [5.74, 6) is 0.174. The second-order valence-electron chi connectivity index (χ2n) is 6.92. The van der Waals surface area contributed by atoms with Gasteiger partial charge in [-0.1, -0.05) is 42.0 Å². The van der Waals surface area contributed by atoms with E-state index in [0.29, 0.717) is 40.1 Å². The molecule has 1 N–H and O–H groups in total. The second kappa shape index (κ2) is 8.05. The Bertz CT molecular complexity index is 1120. The van der Waals surface area contributed by atoms with E-state index >= 15 is 0 Å². The predicted molar refractivity (Wildman–Crippen MR) is 115 cm³/mol. The Morgan fingerprint density at radius 3 is 2.14 bits per heavy atom. The molecule has 144 valence electrons. The summed E-state index contributed by atoms with van der Waals surface area (Å²) in [5, 5.41) is 2.83. The molecule has 3 aromatic rings. The Balaban J connectivity index is 1.42. The van der Waals surface area contributed by atoms with Crippen LogP contribution in [0.25, 0.3) is 0 Å². The van der Waals surface area contributed by atoms with Crippen molar-refractivity contribution in [1.82, 2.24) is 0 Å². The van der Waals surface area contributed by atoms with Gasteiger partial charge in [-0.3, -0.25) is 14.4 Å². The van der Waals surface area contributed by atoms with E-state index in [2.05, 4.69) is 5.32 Å². The van der Waals surface area contributed by atoms with Crippen molar-refractivity contribution in [2.24, 2.45) is 0 Å². The minimum atomic E-state index is -0.193. The van der Waals surface area contributed by atoms with Crippen LogP contribution >= 0.6 is 11.8 Å². The first-order valence-corrected chi connectivity index (χ1v) is 10.3. The molecule has 1 aliphatic carbocycles. The van der Waals surface area contributed by atoms with E-state index in [-0.39, 0.29) is 17.5 Å². The van der Waals surface area contributed by atoms with Crippen LogP contribution in [0.1, 0.15) is 43.8 Å². The SMILES string of the molecule is Cc1ccc(SCCC(=O)Nc2ccc3c(c2)C(=O)c2ccccc2C3=O)cc1. The Morgan fingerprint density at radius 2 is 1.45 bits per heavy atom. The topological polar surface area (TPSA) is 63.2 Å². The van der Waals surface area contributed by atoms with Crippen molar-refractivity contribution in [2.45, 2.75) is 18.2 Å². The molecule has 0 saturated carbocycles. The minimum absolute atomic E-state index is 0.125. The van der Waals surface area contributed by atoms with Crippen LogP contribution in [-0.4, -0.2) is 23.2 Å². The van der Waals surface area contributed by atoms with Gasteiger partial charge in [-0.25, -0.2) is 0 Å². The zero-order valence-electron chi connectivity index (χ0n) is 15.9. The standard InChI is InChI=1S/C24H19NO3S/c1-15-6-9-17(10-7-15)29-13-12-22(26)25-16-8-11-20-21(14-16)24(28)19-5-3-2-4-18(19)23(20)27/h2-11,14H,12-13H2,1H3,(H,25,26). The zero-order chi connectivity index (χ0) is 20.4. The van der Waals surface area contributed by atoms with E-state index in [1.54, 1.807) is 54.2 Å². The summed E-state index contributed by atoms with van der Waals surface area (Å²) in [6.45, 7) is 2.04. The molecule has 0 aromatic heterocycles. The van der Waals surface area contributed by atoms with E-state index in [1.165, 1.54) is 5.56 Å². The largest absolute Gasteiger partial charge is 0.326 e. The summed E-state index contributed by atoms with van der Waals surface area (Å²) < 4.78 is 0. The summed E-state index contributed by atoms with van der Waals surface area (Å²) in [5.41, 5.74) is 3.27. The number of nitrogens with one attached hydrogen (secondary N) is 1. The maximum absolute atomic E-state index is 12.8. The first-order chi connectivity index (χ1) is 14.0. The molecule has 1 amide bonds. The number of ketones is 2. The number of rotatable bonds is 5. The van der Waals surface area contributed by atoms with Crippen molar-refractivity contribution < 1.29 is 14.4 Å². The lowest BCUT2D eigenvalue weighted by Crippen LogP contribution is -2.21. The van der Waals surface area contributed by atoms with E-state index in [4.69, 9.17) is 0 Å². The van der Waals surface area contributed by atoms with Crippen LogP contribution < -0.4 is 5.32 Å². The molecule has 0 saturated heterocycles. The van der Waals surface area contributed by atoms with Crippen LogP contribution in [0, 0.1) is 6.92 Å². The van der Waals surface area contributed by atoms with Crippen molar-refractivity contribution in [3.05, 3.63) is 94.5 Å². The maximum atomic E-state index is 12.8. The molecule has 0 fully saturated rings. The van der Waals surface area contributed by atoms with E-state index < -0.39 is 0 Å². The quantitative estimate of drug-likeness (QED) is 0.484. The number of hydrogen-bond donors (Lipinski definition) is 1. The molecule has 0 spiro atoms. The van der Waals surface area contributed by atoms with Gasteiger partial charge in [-0.2, -0.15) is 0 Å². The summed E-state index contributed by atoms with van der Waals surface area (Å²) in [6, 6.07) is 19.9. The molecular weight excluding hydrogens is 382 g/mol. The molecule has 0 atom stereocenters. The molecule has 5 heteroatoms. The summed E-state index contributed by atoms with van der Waals surface area (Å²) in [6.07, 6.45) is 0.353. The lowest BCUT2D eigenvalue weighted by molar-refractivity contribution is -0.115. The number of carbonyl (C=O) groups excluding carboxylic acids is 3. The summed E-state index contributed by atoms with van der Waals surface area (Å²) in [4.78, 5) is 38.8. The highest BCUT2D eigenvalue weighted by Gasteiger charge is 2.29. The fourth-order valence-electron chi connectivity index (χ4n) is 3.30. The number of thioether (sulfide) groups is 1. The Labute approximate surface area is 173 Å². The average Bonchev–Trinajstić information content (AvgIpc) is 2.73. The average molecular weight is 401 g/mol. The third-order valence-electron chi connectivity index (χ3n) is 4.83. The third-order valence-corrected chi connectivity index (χ3v) is 5.84. The van der Waals surface area contributed by atoms with Crippen molar-refractivity contribution in [1.29, 1.82) is 0 Å². The van der Waals surface area contributed by atoms with E-state index in [1.807, 2.05) is 31.2 Å². The molecular formula is C24H19NO3S. The molecule has 4 nitrogen and oxygen atoms in total. The smallest absolute Gasteiger partial charge is 0.225 e. The third kappa shape index (κ3) is 4.00. The van der Waals surface area contributed by atoms with Crippen molar-refractivity contribution >= 4 is 34.9 Å². The predicted octanol–water partition coefficient (Wildman–Crippen LogP) is 4.89. The van der Waals surface area contributed by atoms with Gasteiger partial charge in [0, 0.05) is 45.0 Å². The van der Waals surface area contributed by atoms with Crippen LogP contribution in [0.2, 0.25) is 0 Å². The van der Waals surface area contributed by atoms with Gasteiger partial charge < -0.3 is 5.32 Å². The Hall–Kier alpha value is -3.18. The molecule has 0 radical (unpaired) electrons. The zero-order valence-corrected chi connectivity index (χ0v) is 16.7. The van der Waals surface area contributed by atoms with Gasteiger partial charge in [0.15, 0.2) is 11.6 Å². The highest BCUT2D eigenvalue weighted by molar-refractivity contribution is 7.99. The maximum Gasteiger partial charge on any atom is 0.225 e. The van der Waals surface area contributed by atoms with Gasteiger partial charge in [-0.15, -0.1) is 11.8 Å². The van der Waals surface area contributed by atoms with Crippen LogP contribution in [-0.2, 0) is 4.79 Å². The van der Waals surface area contributed by atoms with E-state index in [9.17, 15) is 14.4 Å². The minimum Gasteiger partial charge on any atom is -0.326 e. The van der Waals surface area contributed by atoms with Crippen LogP contribution in [0.15, 0.2) is 71.6 Å². The first-order valence-electron chi connectivity index (χ1n) is 9.35. The summed E-state index contributed by atoms with van der Waals surface area (Å²) in [7, 11) is 0. The lowest BCUT2D eigenvalue weighted by Gasteiger charge is -2.18. The number of carbonyl (C=O) groups is 3. The monoisotopic (exact) mass is 401 g/mol. The number of anilines is 1. The van der Waals surface area contributed by atoms with Crippen molar-refractivity contribution in [3.63, 3.8) is 0 Å². The van der Waals surface area contributed by atoms with Gasteiger partial charge in [0.2, 0.25) is 5.91 Å². The fourth-order valence-corrected chi connectivity index (χ4v) is 4.15. The lowest BCUT2D eigenvalue weighted by atomic mass is 9.84. The molecule has 29 heavy (non-hydrogen) atoms. The second-order valence-corrected chi connectivity index (χ2v) is 8.09. The number of fused-ring (bicyclic) bond motifs is 2. The number of aryl methyl sites for hydroxylation is 1. The van der Waals surface area contributed by atoms with Crippen molar-refractivity contribution in [3.8, 4) is 0 Å². The van der Waals surface area contributed by atoms with Gasteiger partial charge in [0.05, 0.1) is 0 Å². The van der Waals surface area contributed by atoms with Crippen LogP contribution in [0.5, 0.6) is 0 Å². The molecule has 0 unspecified atom stereocenters. The highest BCUT2D eigenvalue weighted by atomic mass is 32.2. The van der Waals surface area contributed by atoms with Gasteiger partial charge in [0.1, 0.15) is 0 Å². The first kappa shape index (κ1) is 19.2. The van der Waals surface area contributed by atoms with Gasteiger partial charge in [-0.05, 0) is 37.3 Å². The van der Waals surface area contributed by atoms with Crippen LogP contribution in [0.3, 0.4) is 0 Å². The molecule has 0 heterocycles. The molecule has 0 bridgehead atoms.